The van der Waals surface area contributed by atoms with Crippen LogP contribution in [0.4, 0.5) is 0 Å². The van der Waals surface area contributed by atoms with Gasteiger partial charge in [-0.15, -0.1) is 0 Å². The van der Waals surface area contributed by atoms with Gasteiger partial charge in [0.25, 0.3) is 0 Å². The van der Waals surface area contributed by atoms with E-state index in [2.05, 4.69) is 16.5 Å². The predicted octanol–water partition coefficient (Wildman–Crippen LogP) is 1.37. The largest absolute Gasteiger partial charge is 0.291 e. The van der Waals surface area contributed by atoms with Crippen LogP contribution in [-0.2, 0) is 0 Å². The second-order valence-electron chi connectivity index (χ2n) is 2.19. The monoisotopic (exact) mass is 145 g/mol. The Morgan fingerprint density at radius 2 is 2.36 bits per heavy atom. The molecule has 0 N–H and O–H groups in total. The molecule has 0 amide bonds. The van der Waals surface area contributed by atoms with Crippen LogP contribution in [0.3, 0.4) is 0 Å². The summed E-state index contributed by atoms with van der Waals surface area (Å²) in [6.07, 6.45) is 7.19. The van der Waals surface area contributed by atoms with Gasteiger partial charge in [-0.1, -0.05) is 6.58 Å². The molecule has 0 saturated heterocycles. The highest BCUT2D eigenvalue weighted by Crippen LogP contribution is 2.00. The molecule has 0 spiro atoms. The lowest BCUT2D eigenvalue weighted by Crippen LogP contribution is -1.88. The molecule has 2 aromatic rings. The number of imidazole rings is 1. The fourth-order valence-electron chi connectivity index (χ4n) is 0.931. The summed E-state index contributed by atoms with van der Waals surface area (Å²) in [5.74, 6) is 0.711. The molecule has 0 bridgehead atoms. The number of rotatable bonds is 1. The third kappa shape index (κ3) is 0.902. The third-order valence-corrected chi connectivity index (χ3v) is 1.49. The van der Waals surface area contributed by atoms with Crippen molar-refractivity contribution in [3.63, 3.8) is 0 Å². The molecule has 0 aromatic carbocycles. The number of nitrogens with zero attached hydrogens (tertiary/aromatic N) is 3. The topological polar surface area (TPSA) is 30.2 Å². The van der Waals surface area contributed by atoms with Crippen molar-refractivity contribution in [2.24, 2.45) is 0 Å². The molecule has 0 aliphatic carbocycles. The van der Waals surface area contributed by atoms with E-state index in [0.29, 0.717) is 5.78 Å². The Bertz CT molecular complexity index is 389. The molecular weight excluding hydrogens is 138 g/mol. The highest BCUT2D eigenvalue weighted by atomic mass is 15.1. The van der Waals surface area contributed by atoms with E-state index in [4.69, 9.17) is 0 Å². The van der Waals surface area contributed by atoms with Crippen molar-refractivity contribution in [3.8, 4) is 0 Å². The Morgan fingerprint density at radius 3 is 3.18 bits per heavy atom. The zero-order valence-electron chi connectivity index (χ0n) is 5.94. The molecular formula is C8H7N3. The molecule has 0 aliphatic rings. The highest BCUT2D eigenvalue weighted by molar-refractivity contribution is 5.44. The van der Waals surface area contributed by atoms with E-state index in [1.807, 2.05) is 22.9 Å². The molecule has 0 atom stereocenters. The minimum absolute atomic E-state index is 0.711. The summed E-state index contributed by atoms with van der Waals surface area (Å²) in [5.41, 5.74) is 0.851. The van der Waals surface area contributed by atoms with Gasteiger partial charge < -0.3 is 0 Å². The quantitative estimate of drug-likeness (QED) is 0.606. The fourth-order valence-corrected chi connectivity index (χ4v) is 0.931. The summed E-state index contributed by atoms with van der Waals surface area (Å²) < 4.78 is 1.85. The van der Waals surface area contributed by atoms with Crippen LogP contribution >= 0.6 is 0 Å². The van der Waals surface area contributed by atoms with Gasteiger partial charge in [-0.05, 0) is 12.1 Å². The van der Waals surface area contributed by atoms with Crippen molar-refractivity contribution in [2.75, 3.05) is 0 Å². The molecule has 3 nitrogen and oxygen atoms in total. The second-order valence-corrected chi connectivity index (χ2v) is 2.19. The van der Waals surface area contributed by atoms with E-state index in [9.17, 15) is 0 Å². The van der Waals surface area contributed by atoms with Crippen LogP contribution in [0.15, 0.2) is 31.2 Å². The maximum Gasteiger partial charge on any atom is 0.234 e. The van der Waals surface area contributed by atoms with Crippen molar-refractivity contribution >= 4 is 11.9 Å². The van der Waals surface area contributed by atoms with Crippen LogP contribution in [0.25, 0.3) is 11.9 Å². The van der Waals surface area contributed by atoms with Crippen molar-refractivity contribution in [1.82, 2.24) is 14.4 Å². The van der Waals surface area contributed by atoms with Crippen LogP contribution in [-0.4, -0.2) is 14.4 Å². The molecule has 11 heavy (non-hydrogen) atoms. The van der Waals surface area contributed by atoms with Gasteiger partial charge in [0, 0.05) is 18.6 Å². The van der Waals surface area contributed by atoms with Crippen molar-refractivity contribution in [1.29, 1.82) is 0 Å². The van der Waals surface area contributed by atoms with Gasteiger partial charge in [0.1, 0.15) is 0 Å². The summed E-state index contributed by atoms with van der Waals surface area (Å²) in [5, 5.41) is 0. The number of fused-ring (bicyclic) bond motifs is 1. The van der Waals surface area contributed by atoms with Crippen LogP contribution < -0.4 is 0 Å². The minimum atomic E-state index is 0.711. The number of hydrogen-bond donors (Lipinski definition) is 0. The molecule has 54 valence electrons. The summed E-state index contributed by atoms with van der Waals surface area (Å²) in [7, 11) is 0. The molecule has 0 radical (unpaired) electrons. The molecule has 0 fully saturated rings. The van der Waals surface area contributed by atoms with Crippen molar-refractivity contribution < 1.29 is 0 Å². The van der Waals surface area contributed by atoms with E-state index >= 15 is 0 Å². The first kappa shape index (κ1) is 6.09. The van der Waals surface area contributed by atoms with E-state index in [0.717, 1.165) is 5.69 Å². The predicted molar refractivity (Wildman–Crippen MR) is 43.1 cm³/mol. The Balaban J connectivity index is 2.76. The number of hydrogen-bond acceptors (Lipinski definition) is 2. The lowest BCUT2D eigenvalue weighted by Gasteiger charge is -1.92. The molecule has 0 saturated carbocycles. The molecule has 2 rings (SSSR count). The lowest BCUT2D eigenvalue weighted by molar-refractivity contribution is 1.10. The standard InChI is InChI=1S/C8H7N3/c1-2-7-3-5-11-6-4-9-8(11)10-7/h2-6H,1H2. The second kappa shape index (κ2) is 2.20. The summed E-state index contributed by atoms with van der Waals surface area (Å²) in [6.45, 7) is 3.62. The molecule has 0 unspecified atom stereocenters. The van der Waals surface area contributed by atoms with Gasteiger partial charge in [0.15, 0.2) is 0 Å². The molecule has 3 heteroatoms. The Labute approximate surface area is 64.0 Å². The average molecular weight is 145 g/mol. The maximum absolute atomic E-state index is 4.19. The van der Waals surface area contributed by atoms with Gasteiger partial charge in [-0.25, -0.2) is 9.97 Å². The number of aromatic nitrogens is 3. The normalized spacial score (nSPS) is 10.2. The molecule has 2 aromatic heterocycles. The van der Waals surface area contributed by atoms with E-state index in [1.165, 1.54) is 0 Å². The SMILES string of the molecule is C=Cc1ccn2ccnc2n1. The summed E-state index contributed by atoms with van der Waals surface area (Å²) >= 11 is 0. The van der Waals surface area contributed by atoms with Gasteiger partial charge in [0.05, 0.1) is 5.69 Å². The van der Waals surface area contributed by atoms with Gasteiger partial charge >= 0.3 is 0 Å². The van der Waals surface area contributed by atoms with Crippen LogP contribution in [0.2, 0.25) is 0 Å². The van der Waals surface area contributed by atoms with E-state index in [1.54, 1.807) is 12.3 Å². The third-order valence-electron chi connectivity index (χ3n) is 1.49. The summed E-state index contributed by atoms with van der Waals surface area (Å²) in [4.78, 5) is 8.22. The summed E-state index contributed by atoms with van der Waals surface area (Å²) in [6, 6.07) is 1.89. The first-order valence-corrected chi connectivity index (χ1v) is 3.32. The van der Waals surface area contributed by atoms with E-state index < -0.39 is 0 Å². The van der Waals surface area contributed by atoms with Crippen molar-refractivity contribution in [2.45, 2.75) is 0 Å². The van der Waals surface area contributed by atoms with Crippen LogP contribution in [0.5, 0.6) is 0 Å². The zero-order valence-corrected chi connectivity index (χ0v) is 5.94. The molecule has 0 aliphatic heterocycles. The van der Waals surface area contributed by atoms with Gasteiger partial charge in [-0.3, -0.25) is 4.40 Å². The van der Waals surface area contributed by atoms with Crippen molar-refractivity contribution in [3.05, 3.63) is 36.9 Å². The van der Waals surface area contributed by atoms with E-state index in [-0.39, 0.29) is 0 Å². The Hall–Kier alpha value is -1.64. The first-order valence-electron chi connectivity index (χ1n) is 3.32. The Kier molecular flexibility index (Phi) is 1.22. The zero-order chi connectivity index (χ0) is 7.68. The van der Waals surface area contributed by atoms with Gasteiger partial charge in [-0.2, -0.15) is 0 Å². The lowest BCUT2D eigenvalue weighted by atomic mass is 10.4. The average Bonchev–Trinajstić information content (AvgIpc) is 2.50. The fraction of sp³-hybridized carbons (Fsp3) is 0. The van der Waals surface area contributed by atoms with Gasteiger partial charge in [0.2, 0.25) is 5.78 Å². The Morgan fingerprint density at radius 1 is 1.45 bits per heavy atom. The highest BCUT2D eigenvalue weighted by Gasteiger charge is 1.93. The molecule has 2 heterocycles. The van der Waals surface area contributed by atoms with Crippen LogP contribution in [0.1, 0.15) is 5.69 Å². The first-order chi connectivity index (χ1) is 5.40. The minimum Gasteiger partial charge on any atom is -0.291 e. The smallest absolute Gasteiger partial charge is 0.234 e. The van der Waals surface area contributed by atoms with Crippen LogP contribution in [0, 0.1) is 0 Å². The maximum atomic E-state index is 4.19.